The standard InChI is InChI=1S/C19H20N6O2/c1-27-15-5-2-4-14(12-15)16-13-17(23-22-16)18(26)24-8-10-25(11-9-24)19-20-6-3-7-21-19/h2-7,12-13H,8-11H2,1H3,(H,22,23). The Hall–Kier alpha value is -3.42. The maximum Gasteiger partial charge on any atom is 0.272 e. The maximum atomic E-state index is 12.8. The van der Waals surface area contributed by atoms with Crippen molar-refractivity contribution in [2.75, 3.05) is 38.2 Å². The van der Waals surface area contributed by atoms with Gasteiger partial charge in [-0.1, -0.05) is 12.1 Å². The van der Waals surface area contributed by atoms with Crippen molar-refractivity contribution in [3.63, 3.8) is 0 Å². The van der Waals surface area contributed by atoms with Crippen molar-refractivity contribution in [1.82, 2.24) is 25.1 Å². The molecule has 138 valence electrons. The topological polar surface area (TPSA) is 87.2 Å². The predicted molar refractivity (Wildman–Crippen MR) is 101 cm³/mol. The van der Waals surface area contributed by atoms with E-state index < -0.39 is 0 Å². The number of nitrogens with one attached hydrogen (secondary N) is 1. The van der Waals surface area contributed by atoms with E-state index in [2.05, 4.69) is 25.1 Å². The van der Waals surface area contributed by atoms with Gasteiger partial charge in [-0.05, 0) is 24.3 Å². The Balaban J connectivity index is 1.43. The summed E-state index contributed by atoms with van der Waals surface area (Å²) in [4.78, 5) is 25.2. The molecule has 0 radical (unpaired) electrons. The second kappa shape index (κ2) is 7.45. The van der Waals surface area contributed by atoms with Crippen molar-refractivity contribution < 1.29 is 9.53 Å². The quantitative estimate of drug-likeness (QED) is 0.760. The van der Waals surface area contributed by atoms with E-state index >= 15 is 0 Å². The number of rotatable bonds is 4. The summed E-state index contributed by atoms with van der Waals surface area (Å²) in [6.45, 7) is 2.63. The number of ether oxygens (including phenoxy) is 1. The fraction of sp³-hybridized carbons (Fsp3) is 0.263. The molecule has 0 unspecified atom stereocenters. The van der Waals surface area contributed by atoms with Gasteiger partial charge in [0.05, 0.1) is 12.8 Å². The summed E-state index contributed by atoms with van der Waals surface area (Å²) >= 11 is 0. The summed E-state index contributed by atoms with van der Waals surface area (Å²) in [7, 11) is 1.62. The molecular formula is C19H20N6O2. The summed E-state index contributed by atoms with van der Waals surface area (Å²) in [5.74, 6) is 1.40. The Morgan fingerprint density at radius 3 is 2.59 bits per heavy atom. The van der Waals surface area contributed by atoms with Crippen LogP contribution in [0, 0.1) is 0 Å². The highest BCUT2D eigenvalue weighted by atomic mass is 16.5. The minimum absolute atomic E-state index is 0.0507. The molecule has 27 heavy (non-hydrogen) atoms. The Bertz CT molecular complexity index is 919. The molecule has 3 aromatic rings. The van der Waals surface area contributed by atoms with E-state index in [1.807, 2.05) is 29.2 Å². The van der Waals surface area contributed by atoms with Gasteiger partial charge in [-0.15, -0.1) is 0 Å². The van der Waals surface area contributed by atoms with Crippen LogP contribution in [0.3, 0.4) is 0 Å². The second-order valence-corrected chi connectivity index (χ2v) is 6.23. The van der Waals surface area contributed by atoms with Crippen molar-refractivity contribution in [3.8, 4) is 17.0 Å². The molecule has 4 rings (SSSR count). The Morgan fingerprint density at radius 1 is 1.07 bits per heavy atom. The first-order valence-electron chi connectivity index (χ1n) is 8.75. The number of methoxy groups -OCH3 is 1. The number of hydrogen-bond donors (Lipinski definition) is 1. The highest BCUT2D eigenvalue weighted by Gasteiger charge is 2.24. The lowest BCUT2D eigenvalue weighted by atomic mass is 10.1. The Labute approximate surface area is 156 Å². The van der Waals surface area contributed by atoms with Crippen molar-refractivity contribution in [3.05, 3.63) is 54.5 Å². The molecule has 0 spiro atoms. The molecule has 8 nitrogen and oxygen atoms in total. The first kappa shape index (κ1) is 17.0. The number of aromatic amines is 1. The largest absolute Gasteiger partial charge is 0.497 e. The first-order chi connectivity index (χ1) is 13.2. The van der Waals surface area contributed by atoms with Gasteiger partial charge in [0.2, 0.25) is 5.95 Å². The summed E-state index contributed by atoms with van der Waals surface area (Å²) in [6.07, 6.45) is 3.45. The van der Waals surface area contributed by atoms with Gasteiger partial charge >= 0.3 is 0 Å². The van der Waals surface area contributed by atoms with Gasteiger partial charge in [-0.3, -0.25) is 9.89 Å². The van der Waals surface area contributed by atoms with Crippen LogP contribution < -0.4 is 9.64 Å². The number of carbonyl (C=O) groups is 1. The summed E-state index contributed by atoms with van der Waals surface area (Å²) in [5, 5.41) is 7.14. The van der Waals surface area contributed by atoms with E-state index in [9.17, 15) is 4.79 Å². The van der Waals surface area contributed by atoms with Crippen LogP contribution in [0.1, 0.15) is 10.5 Å². The third kappa shape index (κ3) is 3.59. The zero-order valence-corrected chi connectivity index (χ0v) is 15.0. The van der Waals surface area contributed by atoms with Crippen molar-refractivity contribution in [2.45, 2.75) is 0 Å². The lowest BCUT2D eigenvalue weighted by Gasteiger charge is -2.34. The van der Waals surface area contributed by atoms with Crippen LogP contribution in [0.5, 0.6) is 5.75 Å². The second-order valence-electron chi connectivity index (χ2n) is 6.23. The molecule has 1 aromatic carbocycles. The average molecular weight is 364 g/mol. The third-order valence-electron chi connectivity index (χ3n) is 4.58. The minimum atomic E-state index is -0.0507. The molecule has 0 atom stereocenters. The van der Waals surface area contributed by atoms with E-state index in [-0.39, 0.29) is 5.91 Å². The zero-order chi connectivity index (χ0) is 18.6. The van der Waals surface area contributed by atoms with Gasteiger partial charge in [0, 0.05) is 44.1 Å². The number of carbonyl (C=O) groups excluding carboxylic acids is 1. The van der Waals surface area contributed by atoms with Crippen LogP contribution in [0.2, 0.25) is 0 Å². The average Bonchev–Trinajstić information content (AvgIpc) is 3.24. The normalized spacial score (nSPS) is 14.3. The SMILES string of the molecule is COc1cccc(-c2cc(C(=O)N3CCN(c4ncccn4)CC3)[nH]n2)c1. The third-order valence-corrected chi connectivity index (χ3v) is 4.58. The lowest BCUT2D eigenvalue weighted by molar-refractivity contribution is 0.0740. The van der Waals surface area contributed by atoms with E-state index in [1.165, 1.54) is 0 Å². The van der Waals surface area contributed by atoms with Crippen LogP contribution >= 0.6 is 0 Å². The fourth-order valence-corrected chi connectivity index (χ4v) is 3.10. The molecule has 0 aliphatic carbocycles. The molecule has 1 saturated heterocycles. The van der Waals surface area contributed by atoms with E-state index in [1.54, 1.807) is 31.6 Å². The number of benzene rings is 1. The van der Waals surface area contributed by atoms with Crippen molar-refractivity contribution >= 4 is 11.9 Å². The molecule has 1 amide bonds. The predicted octanol–water partition coefficient (Wildman–Crippen LogP) is 1.84. The highest BCUT2D eigenvalue weighted by Crippen LogP contribution is 2.23. The summed E-state index contributed by atoms with van der Waals surface area (Å²) in [5.41, 5.74) is 2.10. The Kier molecular flexibility index (Phi) is 4.69. The molecule has 1 fully saturated rings. The molecule has 3 heterocycles. The molecule has 0 saturated carbocycles. The van der Waals surface area contributed by atoms with Gasteiger partial charge in [-0.2, -0.15) is 5.10 Å². The fourth-order valence-electron chi connectivity index (χ4n) is 3.10. The van der Waals surface area contributed by atoms with Gasteiger partial charge in [-0.25, -0.2) is 9.97 Å². The molecule has 1 aliphatic heterocycles. The van der Waals surface area contributed by atoms with Crippen LogP contribution in [-0.2, 0) is 0 Å². The van der Waals surface area contributed by atoms with E-state index in [0.29, 0.717) is 43.5 Å². The van der Waals surface area contributed by atoms with Crippen LogP contribution in [0.4, 0.5) is 5.95 Å². The van der Waals surface area contributed by atoms with Crippen LogP contribution in [0.15, 0.2) is 48.8 Å². The number of anilines is 1. The van der Waals surface area contributed by atoms with Crippen LogP contribution in [-0.4, -0.2) is 64.3 Å². The van der Waals surface area contributed by atoms with Gasteiger partial charge in [0.15, 0.2) is 0 Å². The molecular weight excluding hydrogens is 344 g/mol. The number of hydrogen-bond acceptors (Lipinski definition) is 6. The maximum absolute atomic E-state index is 12.8. The van der Waals surface area contributed by atoms with Crippen molar-refractivity contribution in [2.24, 2.45) is 0 Å². The van der Waals surface area contributed by atoms with Gasteiger partial charge in [0.1, 0.15) is 11.4 Å². The lowest BCUT2D eigenvalue weighted by Crippen LogP contribution is -2.49. The molecule has 1 aliphatic rings. The number of H-pyrrole nitrogens is 1. The summed E-state index contributed by atoms with van der Waals surface area (Å²) in [6, 6.07) is 11.2. The van der Waals surface area contributed by atoms with E-state index in [4.69, 9.17) is 4.74 Å². The number of piperazine rings is 1. The monoisotopic (exact) mass is 364 g/mol. The zero-order valence-electron chi connectivity index (χ0n) is 15.0. The highest BCUT2D eigenvalue weighted by molar-refractivity contribution is 5.93. The molecule has 0 bridgehead atoms. The number of aromatic nitrogens is 4. The van der Waals surface area contributed by atoms with Gasteiger partial charge < -0.3 is 14.5 Å². The molecule has 8 heteroatoms. The van der Waals surface area contributed by atoms with E-state index in [0.717, 1.165) is 11.3 Å². The number of amides is 1. The minimum Gasteiger partial charge on any atom is -0.497 e. The molecule has 1 N–H and O–H groups in total. The summed E-state index contributed by atoms with van der Waals surface area (Å²) < 4.78 is 5.24. The molecule has 2 aromatic heterocycles. The Morgan fingerprint density at radius 2 is 1.85 bits per heavy atom. The first-order valence-corrected chi connectivity index (χ1v) is 8.75. The van der Waals surface area contributed by atoms with Crippen LogP contribution in [0.25, 0.3) is 11.3 Å². The number of nitrogens with zero attached hydrogens (tertiary/aromatic N) is 5. The smallest absolute Gasteiger partial charge is 0.272 e. The van der Waals surface area contributed by atoms with Gasteiger partial charge in [0.25, 0.3) is 5.91 Å². The van der Waals surface area contributed by atoms with Crippen molar-refractivity contribution in [1.29, 1.82) is 0 Å².